The maximum Gasteiger partial charge on any atom is 0.223 e. The number of aromatic nitrogens is 2. The smallest absolute Gasteiger partial charge is 0.223 e. The average molecular weight is 415 g/mol. The molecule has 5 nitrogen and oxygen atoms in total. The summed E-state index contributed by atoms with van der Waals surface area (Å²) >= 11 is 0. The van der Waals surface area contributed by atoms with E-state index in [1.165, 1.54) is 12.0 Å². The fraction of sp³-hybridized carbons (Fsp3) is 0.462. The number of carbonyl (C=O) groups excluding carboxylic acids is 1. The molecule has 0 N–H and O–H groups in total. The number of carbonyl (C=O) groups is 1. The van der Waals surface area contributed by atoms with Crippen LogP contribution in [-0.2, 0) is 17.8 Å². The van der Waals surface area contributed by atoms with Crippen LogP contribution in [0.4, 0.5) is 0 Å². The molecular formula is C26H30N4O. The van der Waals surface area contributed by atoms with Crippen LogP contribution in [0.5, 0.6) is 0 Å². The third-order valence-electron chi connectivity index (χ3n) is 7.66. The molecule has 3 fully saturated rings. The van der Waals surface area contributed by atoms with E-state index in [-0.39, 0.29) is 0 Å². The van der Waals surface area contributed by atoms with E-state index in [1.54, 1.807) is 0 Å². The first-order chi connectivity index (χ1) is 15.2. The van der Waals surface area contributed by atoms with Gasteiger partial charge in [-0.1, -0.05) is 36.4 Å². The summed E-state index contributed by atoms with van der Waals surface area (Å²) in [6.07, 6.45) is 9.40. The number of rotatable bonds is 4. The summed E-state index contributed by atoms with van der Waals surface area (Å²) in [5, 5.41) is 0. The van der Waals surface area contributed by atoms with Crippen molar-refractivity contribution in [2.75, 3.05) is 13.1 Å². The molecule has 4 atom stereocenters. The number of imidazole rings is 1. The summed E-state index contributed by atoms with van der Waals surface area (Å²) in [5.41, 5.74) is 3.50. The molecule has 31 heavy (non-hydrogen) atoms. The third-order valence-corrected chi connectivity index (χ3v) is 7.66. The highest BCUT2D eigenvalue weighted by molar-refractivity contribution is 5.78. The van der Waals surface area contributed by atoms with Crippen LogP contribution in [0.25, 0.3) is 5.65 Å². The van der Waals surface area contributed by atoms with Gasteiger partial charge in [0.05, 0.1) is 5.69 Å². The van der Waals surface area contributed by atoms with E-state index < -0.39 is 0 Å². The number of piperidine rings is 3. The number of hydrogen-bond acceptors (Lipinski definition) is 3. The van der Waals surface area contributed by atoms with E-state index in [0.717, 1.165) is 56.7 Å². The minimum absolute atomic E-state index is 0.320. The quantitative estimate of drug-likeness (QED) is 0.652. The zero-order chi connectivity index (χ0) is 20.8. The van der Waals surface area contributed by atoms with Crippen LogP contribution in [0.3, 0.4) is 0 Å². The second-order valence-electron chi connectivity index (χ2n) is 9.67. The maximum absolute atomic E-state index is 13.0. The Morgan fingerprint density at radius 1 is 1.00 bits per heavy atom. The Bertz CT molecular complexity index is 1040. The van der Waals surface area contributed by atoms with Crippen LogP contribution < -0.4 is 0 Å². The predicted molar refractivity (Wildman–Crippen MR) is 120 cm³/mol. The van der Waals surface area contributed by atoms with Crippen molar-refractivity contribution in [3.63, 3.8) is 0 Å². The molecule has 1 amide bonds. The van der Waals surface area contributed by atoms with Gasteiger partial charge in [-0.05, 0) is 55.2 Å². The number of amides is 1. The topological polar surface area (TPSA) is 40.9 Å². The monoisotopic (exact) mass is 414 g/mol. The van der Waals surface area contributed by atoms with E-state index in [4.69, 9.17) is 4.98 Å². The second kappa shape index (κ2) is 7.79. The van der Waals surface area contributed by atoms with Crippen molar-refractivity contribution in [1.29, 1.82) is 0 Å². The van der Waals surface area contributed by atoms with Crippen molar-refractivity contribution in [3.8, 4) is 0 Å². The standard InChI is InChI=1S/C26H30N4O/c31-26-11-6-9-23-20-14-21(24(30(23)26)13-19-7-2-1-3-8-19)16-28(15-20)17-22-18-29-12-5-4-10-25(29)27-22/h1-5,7-8,10,12,18,20-21,23-24H,6,9,11,13-17H2/t20-,21+,23+,24+/m1/s1. The Balaban J connectivity index is 1.27. The van der Waals surface area contributed by atoms with Gasteiger partial charge in [0.25, 0.3) is 0 Å². The van der Waals surface area contributed by atoms with Gasteiger partial charge in [-0.2, -0.15) is 0 Å². The van der Waals surface area contributed by atoms with Gasteiger partial charge in [-0.3, -0.25) is 9.69 Å². The Morgan fingerprint density at radius 3 is 2.71 bits per heavy atom. The fourth-order valence-electron chi connectivity index (χ4n) is 6.41. The lowest BCUT2D eigenvalue weighted by atomic mass is 9.70. The van der Waals surface area contributed by atoms with Gasteiger partial charge in [0.15, 0.2) is 0 Å². The number of fused-ring (bicyclic) bond motifs is 5. The number of likely N-dealkylation sites (tertiary alicyclic amines) is 1. The summed E-state index contributed by atoms with van der Waals surface area (Å²) in [6, 6.07) is 17.6. The SMILES string of the molecule is O=C1CCC[C@H]2[C@@H]3C[C@@H](CN(Cc4cn5ccccc5n4)C3)[C@H](Cc3ccccc3)N12. The Labute approximate surface area is 183 Å². The van der Waals surface area contributed by atoms with Gasteiger partial charge in [0, 0.05) is 50.5 Å². The molecule has 6 rings (SSSR count). The minimum atomic E-state index is 0.320. The first-order valence-corrected chi connectivity index (χ1v) is 11.7. The number of nitrogens with zero attached hydrogens (tertiary/aromatic N) is 4. The summed E-state index contributed by atoms with van der Waals surface area (Å²) in [5.74, 6) is 1.52. The number of hydrogen-bond donors (Lipinski definition) is 0. The van der Waals surface area contributed by atoms with Crippen LogP contribution in [0, 0.1) is 11.8 Å². The van der Waals surface area contributed by atoms with Gasteiger partial charge in [0.2, 0.25) is 5.91 Å². The van der Waals surface area contributed by atoms with Gasteiger partial charge < -0.3 is 9.30 Å². The first-order valence-electron chi connectivity index (χ1n) is 11.7. The Kier molecular flexibility index (Phi) is 4.79. The van der Waals surface area contributed by atoms with Crippen LogP contribution in [0.2, 0.25) is 0 Å². The van der Waals surface area contributed by atoms with Crippen molar-refractivity contribution >= 4 is 11.6 Å². The summed E-state index contributed by atoms with van der Waals surface area (Å²) in [4.78, 5) is 22.8. The van der Waals surface area contributed by atoms with Crippen molar-refractivity contribution in [2.45, 2.75) is 50.7 Å². The van der Waals surface area contributed by atoms with Crippen LogP contribution in [-0.4, -0.2) is 50.3 Å². The molecule has 3 aliphatic heterocycles. The molecule has 3 saturated heterocycles. The maximum atomic E-state index is 13.0. The van der Waals surface area contributed by atoms with Gasteiger partial charge in [-0.25, -0.2) is 4.98 Å². The van der Waals surface area contributed by atoms with Crippen molar-refractivity contribution < 1.29 is 4.79 Å². The van der Waals surface area contributed by atoms with Crippen LogP contribution >= 0.6 is 0 Å². The number of pyridine rings is 1. The zero-order valence-electron chi connectivity index (χ0n) is 17.9. The molecule has 160 valence electrons. The fourth-order valence-corrected chi connectivity index (χ4v) is 6.41. The molecule has 3 aromatic rings. The molecule has 2 bridgehead atoms. The highest BCUT2D eigenvalue weighted by Gasteiger charge is 2.49. The molecule has 0 unspecified atom stereocenters. The van der Waals surface area contributed by atoms with E-state index in [0.29, 0.717) is 29.8 Å². The molecule has 5 heterocycles. The highest BCUT2D eigenvalue weighted by atomic mass is 16.2. The van der Waals surface area contributed by atoms with E-state index in [1.807, 2.05) is 12.1 Å². The van der Waals surface area contributed by atoms with Gasteiger partial charge in [-0.15, -0.1) is 0 Å². The lowest BCUT2D eigenvalue weighted by molar-refractivity contribution is -0.152. The van der Waals surface area contributed by atoms with E-state index >= 15 is 0 Å². The zero-order valence-corrected chi connectivity index (χ0v) is 17.9. The summed E-state index contributed by atoms with van der Waals surface area (Å²) in [6.45, 7) is 3.03. The molecular weight excluding hydrogens is 384 g/mol. The molecule has 0 aliphatic carbocycles. The van der Waals surface area contributed by atoms with Gasteiger partial charge >= 0.3 is 0 Å². The molecule has 5 heteroatoms. The molecule has 0 radical (unpaired) electrons. The van der Waals surface area contributed by atoms with Crippen molar-refractivity contribution in [3.05, 3.63) is 72.2 Å². The Morgan fingerprint density at radius 2 is 1.84 bits per heavy atom. The molecule has 3 aliphatic rings. The molecule has 0 spiro atoms. The van der Waals surface area contributed by atoms with E-state index in [9.17, 15) is 4.79 Å². The lowest BCUT2D eigenvalue weighted by Crippen LogP contribution is -2.65. The lowest BCUT2D eigenvalue weighted by Gasteiger charge is -2.56. The van der Waals surface area contributed by atoms with Crippen molar-refractivity contribution in [1.82, 2.24) is 19.2 Å². The Hall–Kier alpha value is -2.66. The molecule has 0 saturated carbocycles. The van der Waals surface area contributed by atoms with Crippen molar-refractivity contribution in [2.24, 2.45) is 11.8 Å². The minimum Gasteiger partial charge on any atom is -0.336 e. The molecule has 2 aromatic heterocycles. The van der Waals surface area contributed by atoms with E-state index in [2.05, 4.69) is 63.0 Å². The van der Waals surface area contributed by atoms with Gasteiger partial charge in [0.1, 0.15) is 5.65 Å². The van der Waals surface area contributed by atoms with Crippen LogP contribution in [0.15, 0.2) is 60.9 Å². The predicted octanol–water partition coefficient (Wildman–Crippen LogP) is 3.78. The largest absolute Gasteiger partial charge is 0.336 e. The summed E-state index contributed by atoms with van der Waals surface area (Å²) in [7, 11) is 0. The first kappa shape index (κ1) is 19.1. The summed E-state index contributed by atoms with van der Waals surface area (Å²) < 4.78 is 2.11. The highest BCUT2D eigenvalue weighted by Crippen LogP contribution is 2.42. The normalized spacial score (nSPS) is 28.6. The molecule has 1 aromatic carbocycles. The third kappa shape index (κ3) is 3.55. The number of benzene rings is 1. The second-order valence-corrected chi connectivity index (χ2v) is 9.67. The average Bonchev–Trinajstić information content (AvgIpc) is 3.20. The van der Waals surface area contributed by atoms with Crippen LogP contribution in [0.1, 0.15) is 36.9 Å².